The molecule has 0 aliphatic carbocycles. The van der Waals surface area contributed by atoms with Gasteiger partial charge in [-0.05, 0) is 47.5 Å². The van der Waals surface area contributed by atoms with Crippen LogP contribution in [0.15, 0.2) is 195 Å². The maximum absolute atomic E-state index is 11.8. The molecule has 8 aromatic rings. The molecule has 0 atom stereocenters. The van der Waals surface area contributed by atoms with Crippen molar-refractivity contribution in [1.29, 1.82) is 0 Å². The van der Waals surface area contributed by atoms with Crippen LogP contribution in [0.4, 0.5) is 11.9 Å². The van der Waals surface area contributed by atoms with E-state index in [1.807, 2.05) is 48.5 Å². The number of methoxy groups -OCH3 is 2. The first-order chi connectivity index (χ1) is 31.1. The number of ketones is 2. The first kappa shape index (κ1) is 49.1. The predicted molar refractivity (Wildman–Crippen MR) is 243 cm³/mol. The van der Waals surface area contributed by atoms with Crippen molar-refractivity contribution in [3.05, 3.63) is 217 Å². The summed E-state index contributed by atoms with van der Waals surface area (Å²) in [6, 6.07) is 45.9. The van der Waals surface area contributed by atoms with E-state index in [1.54, 1.807) is 134 Å². The number of ether oxygens (including phenoxy) is 2. The average Bonchev–Trinajstić information content (AvgIpc) is 3.35. The second-order valence-corrected chi connectivity index (χ2v) is 13.0. The van der Waals surface area contributed by atoms with E-state index in [1.165, 1.54) is 14.2 Å². The fraction of sp³-hybridized carbons (Fsp3) is 0.0400. The summed E-state index contributed by atoms with van der Waals surface area (Å²) in [4.78, 5) is 47.5. The number of rotatable bonds is 10. The van der Waals surface area contributed by atoms with E-state index in [0.29, 0.717) is 45.4 Å². The molecule has 327 valence electrons. The van der Waals surface area contributed by atoms with E-state index in [9.17, 15) is 19.8 Å². The molecule has 0 bridgehead atoms. The summed E-state index contributed by atoms with van der Waals surface area (Å²) >= 11 is 0. The first-order valence-corrected chi connectivity index (χ1v) is 19.4. The van der Waals surface area contributed by atoms with E-state index in [4.69, 9.17) is 20.9 Å². The van der Waals surface area contributed by atoms with Crippen LogP contribution in [0, 0.1) is 0 Å². The van der Waals surface area contributed by atoms with Crippen LogP contribution in [0.2, 0.25) is 0 Å². The molecular weight excluding hydrogens is 868 g/mol. The first-order valence-electron chi connectivity index (χ1n) is 19.4. The number of pyridine rings is 2. The van der Waals surface area contributed by atoms with E-state index in [2.05, 4.69) is 29.9 Å². The summed E-state index contributed by atoms with van der Waals surface area (Å²) < 4.78 is 10.0. The second-order valence-electron chi connectivity index (χ2n) is 13.0. The van der Waals surface area contributed by atoms with Crippen LogP contribution in [0.25, 0.3) is 34.0 Å². The molecule has 0 fully saturated rings. The normalized spacial score (nSPS) is 10.4. The van der Waals surface area contributed by atoms with E-state index < -0.39 is 0 Å². The Labute approximate surface area is 386 Å². The summed E-state index contributed by atoms with van der Waals surface area (Å²) in [5, 5.41) is 23.5. The Morgan fingerprint density at radius 2 is 0.800 bits per heavy atom. The van der Waals surface area contributed by atoms with Gasteiger partial charge in [0.2, 0.25) is 23.7 Å². The van der Waals surface area contributed by atoms with Gasteiger partial charge < -0.3 is 31.2 Å². The van der Waals surface area contributed by atoms with Crippen molar-refractivity contribution >= 4 is 35.0 Å². The number of allylic oxidation sites excluding steroid dienone is 2. The van der Waals surface area contributed by atoms with Gasteiger partial charge in [-0.15, -0.1) is 0 Å². The molecule has 0 unspecified atom stereocenters. The molecule has 4 aromatic carbocycles. The van der Waals surface area contributed by atoms with E-state index in [0.717, 1.165) is 23.3 Å². The van der Waals surface area contributed by atoms with Crippen LogP contribution in [-0.2, 0) is 16.8 Å². The summed E-state index contributed by atoms with van der Waals surface area (Å²) in [7, 11) is 3.07. The molecule has 0 aliphatic heterocycles. The monoisotopic (exact) mass is 909 g/mol. The number of carbonyl (C=O) groups is 2. The van der Waals surface area contributed by atoms with E-state index in [-0.39, 0.29) is 51.8 Å². The molecule has 0 aliphatic rings. The van der Waals surface area contributed by atoms with Crippen LogP contribution in [0.5, 0.6) is 11.8 Å². The van der Waals surface area contributed by atoms with Crippen molar-refractivity contribution in [2.45, 2.75) is 0 Å². The van der Waals surface area contributed by atoms with Crippen molar-refractivity contribution in [2.75, 3.05) is 25.7 Å². The van der Waals surface area contributed by atoms with Crippen molar-refractivity contribution in [1.82, 2.24) is 29.9 Å². The van der Waals surface area contributed by atoms with Crippen LogP contribution in [0.1, 0.15) is 31.8 Å². The Morgan fingerprint density at radius 1 is 0.477 bits per heavy atom. The summed E-state index contributed by atoms with van der Waals surface area (Å²) in [5.74, 6) is 0.210. The minimum atomic E-state index is -0.264. The van der Waals surface area contributed by atoms with Gasteiger partial charge in [0.25, 0.3) is 0 Å². The zero-order valence-electron chi connectivity index (χ0n) is 35.1. The standard InChI is InChI=1S/2C15H12O2.2C10H10N4O.Co/c2*16-14(12-7-3-1-4-8-12)11-15(17)13-9-5-2-6-10-13;2*1-15-9-5-8(13-10(11)14-9)7-3-2-4-12-6-7;/h2*1-11,16H;2*2-6H,1H3,(H2,11,13,14);/q;;;;+2/p-2/b2*14-11-;;;. The zero-order chi connectivity index (χ0) is 45.5. The number of hydrogen-bond acceptors (Lipinski definition) is 14. The van der Waals surface area contributed by atoms with Crippen LogP contribution < -0.4 is 31.2 Å². The quantitative estimate of drug-likeness (QED) is 0.0818. The van der Waals surface area contributed by atoms with Crippen molar-refractivity contribution in [3.8, 4) is 34.3 Å². The number of carbonyl (C=O) groups excluding carboxylic acids is 2. The Balaban J connectivity index is 0.000000189. The zero-order valence-corrected chi connectivity index (χ0v) is 36.1. The van der Waals surface area contributed by atoms with Crippen LogP contribution >= 0.6 is 0 Å². The number of nitrogens with zero attached hydrogens (tertiary/aromatic N) is 6. The van der Waals surface area contributed by atoms with Crippen molar-refractivity contribution in [2.24, 2.45) is 0 Å². The fourth-order valence-electron chi connectivity index (χ4n) is 5.40. The maximum atomic E-state index is 11.8. The molecule has 8 rings (SSSR count). The Morgan fingerprint density at radius 3 is 1.09 bits per heavy atom. The number of aromatic nitrogens is 6. The number of nitrogens with two attached hydrogens (primary N) is 2. The number of benzene rings is 4. The molecule has 4 N–H and O–H groups in total. The number of hydrogen-bond donors (Lipinski definition) is 2. The minimum Gasteiger partial charge on any atom is -0.872 e. The fourth-order valence-corrected chi connectivity index (χ4v) is 5.40. The summed E-state index contributed by atoms with van der Waals surface area (Å²) in [5.41, 5.74) is 16.4. The average molecular weight is 910 g/mol. The Kier molecular flexibility index (Phi) is 19.7. The van der Waals surface area contributed by atoms with Gasteiger partial charge in [0.15, 0.2) is 11.6 Å². The Hall–Kier alpha value is -8.53. The molecule has 4 aromatic heterocycles. The van der Waals surface area contributed by atoms with Crippen LogP contribution in [0.3, 0.4) is 0 Å². The van der Waals surface area contributed by atoms with Gasteiger partial charge in [-0.25, -0.2) is 9.97 Å². The van der Waals surface area contributed by atoms with Crippen molar-refractivity contribution in [3.63, 3.8) is 0 Å². The maximum Gasteiger partial charge on any atom is 2.00 e. The number of anilines is 2. The molecule has 1 radical (unpaired) electrons. The second kappa shape index (κ2) is 26.1. The topological polar surface area (TPSA) is 228 Å². The van der Waals surface area contributed by atoms with Crippen LogP contribution in [-0.4, -0.2) is 55.7 Å². The molecule has 4 heterocycles. The molecule has 0 saturated heterocycles. The smallest absolute Gasteiger partial charge is 0.872 e. The summed E-state index contributed by atoms with van der Waals surface area (Å²) in [6.07, 6.45) is 9.08. The van der Waals surface area contributed by atoms with Gasteiger partial charge in [0.05, 0.1) is 25.6 Å². The molecule has 65 heavy (non-hydrogen) atoms. The SMILES string of the molecule is COc1cc(-c2cccnc2)nc(N)n1.COc1cc(-c2cccnc2)nc(N)n1.O=C(/C=C(\[O-])c1ccccc1)c1ccccc1.O=C(/C=C(\[O-])c1ccccc1)c1ccccc1.[Co+2]. The molecule has 0 amide bonds. The van der Waals surface area contributed by atoms with Gasteiger partial charge >= 0.3 is 16.8 Å². The Bertz CT molecular complexity index is 2560. The minimum absolute atomic E-state index is 0. The number of nitrogen functional groups attached to an aromatic ring is 2. The van der Waals surface area contributed by atoms with Gasteiger partial charge in [0, 0.05) is 59.2 Å². The molecule has 15 heteroatoms. The van der Waals surface area contributed by atoms with Gasteiger partial charge in [-0.2, -0.15) is 9.97 Å². The molecular formula is C50H42CoN8O6. The van der Waals surface area contributed by atoms with Gasteiger partial charge in [-0.1, -0.05) is 133 Å². The van der Waals surface area contributed by atoms with Gasteiger partial charge in [0.1, 0.15) is 0 Å². The molecule has 0 spiro atoms. The molecule has 0 saturated carbocycles. The third-order valence-corrected chi connectivity index (χ3v) is 8.53. The third kappa shape index (κ3) is 16.0. The van der Waals surface area contributed by atoms with Crippen molar-refractivity contribution < 1.29 is 46.1 Å². The largest absolute Gasteiger partial charge is 2.00 e. The third-order valence-electron chi connectivity index (χ3n) is 8.53. The van der Waals surface area contributed by atoms with Gasteiger partial charge in [-0.3, -0.25) is 19.6 Å². The van der Waals surface area contributed by atoms with E-state index >= 15 is 0 Å². The molecule has 14 nitrogen and oxygen atoms in total. The summed E-state index contributed by atoms with van der Waals surface area (Å²) in [6.45, 7) is 0. The predicted octanol–water partition coefficient (Wildman–Crippen LogP) is 6.80.